The van der Waals surface area contributed by atoms with Crippen LogP contribution in [-0.4, -0.2) is 53.1 Å². The molecule has 2 aliphatic heterocycles. The van der Waals surface area contributed by atoms with Crippen LogP contribution < -0.4 is 0 Å². The molecule has 0 spiro atoms. The first-order chi connectivity index (χ1) is 9.39. The van der Waals surface area contributed by atoms with Gasteiger partial charge in [-0.1, -0.05) is 20.8 Å². The number of carboxylic acids is 1. The summed E-state index contributed by atoms with van der Waals surface area (Å²) in [5, 5.41) is 9.39. The molecule has 0 aromatic rings. The summed E-state index contributed by atoms with van der Waals surface area (Å²) in [6.45, 7) is 8.85. The van der Waals surface area contributed by atoms with Crippen LogP contribution in [0.15, 0.2) is 0 Å². The second-order valence-corrected chi connectivity index (χ2v) is 6.63. The molecule has 2 unspecified atom stereocenters. The average molecular weight is 282 g/mol. The van der Waals surface area contributed by atoms with Gasteiger partial charge in [0.1, 0.15) is 0 Å². The van der Waals surface area contributed by atoms with Crippen LogP contribution in [0.1, 0.15) is 40.0 Å². The molecular weight excluding hydrogens is 256 g/mol. The lowest BCUT2D eigenvalue weighted by atomic mass is 9.84. The average Bonchev–Trinajstić information content (AvgIpc) is 3.05. The minimum absolute atomic E-state index is 0.0322. The van der Waals surface area contributed by atoms with E-state index < -0.39 is 11.4 Å². The maximum Gasteiger partial charge on any atom is 0.320 e. The van der Waals surface area contributed by atoms with Crippen LogP contribution in [0.3, 0.4) is 0 Å². The van der Waals surface area contributed by atoms with E-state index in [1.165, 1.54) is 0 Å². The van der Waals surface area contributed by atoms with E-state index in [0.29, 0.717) is 37.8 Å². The molecule has 2 amide bonds. The third kappa shape index (κ3) is 2.63. The topological polar surface area (TPSA) is 60.9 Å². The van der Waals surface area contributed by atoms with Crippen LogP contribution in [0, 0.1) is 17.3 Å². The van der Waals surface area contributed by atoms with Crippen molar-refractivity contribution in [2.45, 2.75) is 40.0 Å². The molecule has 2 fully saturated rings. The summed E-state index contributed by atoms with van der Waals surface area (Å²) in [7, 11) is 0. The monoisotopic (exact) mass is 282 g/mol. The van der Waals surface area contributed by atoms with E-state index in [1.807, 2.05) is 11.8 Å². The number of rotatable bonds is 3. The molecule has 0 aliphatic carbocycles. The molecule has 114 valence electrons. The van der Waals surface area contributed by atoms with E-state index >= 15 is 0 Å². The van der Waals surface area contributed by atoms with E-state index in [-0.39, 0.29) is 6.03 Å². The van der Waals surface area contributed by atoms with Crippen molar-refractivity contribution in [3.63, 3.8) is 0 Å². The number of hydrogen-bond acceptors (Lipinski definition) is 2. The van der Waals surface area contributed by atoms with Crippen molar-refractivity contribution < 1.29 is 14.7 Å². The maximum atomic E-state index is 12.5. The third-order valence-corrected chi connectivity index (χ3v) is 5.19. The lowest BCUT2D eigenvalue weighted by molar-refractivity contribution is -0.148. The van der Waals surface area contributed by atoms with Gasteiger partial charge in [-0.15, -0.1) is 0 Å². The molecule has 0 aromatic carbocycles. The Bertz CT molecular complexity index is 397. The van der Waals surface area contributed by atoms with E-state index in [0.717, 1.165) is 19.5 Å². The second-order valence-electron chi connectivity index (χ2n) is 6.63. The summed E-state index contributed by atoms with van der Waals surface area (Å²) in [6.07, 6.45) is 2.22. The highest BCUT2D eigenvalue weighted by Gasteiger charge is 2.46. The molecule has 2 aliphatic rings. The summed E-state index contributed by atoms with van der Waals surface area (Å²) in [4.78, 5) is 27.6. The fourth-order valence-electron chi connectivity index (χ4n) is 3.36. The molecule has 1 N–H and O–H groups in total. The lowest BCUT2D eigenvalue weighted by Crippen LogP contribution is -2.43. The van der Waals surface area contributed by atoms with Gasteiger partial charge in [-0.25, -0.2) is 4.79 Å². The van der Waals surface area contributed by atoms with Gasteiger partial charge in [0.05, 0.1) is 5.41 Å². The highest BCUT2D eigenvalue weighted by molar-refractivity contribution is 5.80. The van der Waals surface area contributed by atoms with Gasteiger partial charge in [0.2, 0.25) is 0 Å². The minimum Gasteiger partial charge on any atom is -0.481 e. The first-order valence-corrected chi connectivity index (χ1v) is 7.67. The minimum atomic E-state index is -0.767. The quantitative estimate of drug-likeness (QED) is 0.863. The van der Waals surface area contributed by atoms with Gasteiger partial charge >= 0.3 is 12.0 Å². The normalized spacial score (nSPS) is 30.3. The van der Waals surface area contributed by atoms with Gasteiger partial charge in [0, 0.05) is 26.2 Å². The van der Waals surface area contributed by atoms with Gasteiger partial charge in [0.25, 0.3) is 0 Å². The van der Waals surface area contributed by atoms with Crippen molar-refractivity contribution in [1.29, 1.82) is 0 Å². The number of hydrogen-bond donors (Lipinski definition) is 1. The van der Waals surface area contributed by atoms with Crippen LogP contribution in [0.25, 0.3) is 0 Å². The van der Waals surface area contributed by atoms with Crippen molar-refractivity contribution >= 4 is 12.0 Å². The summed E-state index contributed by atoms with van der Waals surface area (Å²) >= 11 is 0. The summed E-state index contributed by atoms with van der Waals surface area (Å²) < 4.78 is 0. The zero-order chi connectivity index (χ0) is 14.9. The summed E-state index contributed by atoms with van der Waals surface area (Å²) in [6, 6.07) is 0.0322. The van der Waals surface area contributed by atoms with Crippen LogP contribution in [0.5, 0.6) is 0 Å². The molecule has 0 saturated carbocycles. The molecule has 20 heavy (non-hydrogen) atoms. The number of carbonyl (C=O) groups excluding carboxylic acids is 1. The number of aliphatic carboxylic acids is 1. The van der Waals surface area contributed by atoms with Crippen LogP contribution in [0.2, 0.25) is 0 Å². The van der Waals surface area contributed by atoms with E-state index in [4.69, 9.17) is 0 Å². The molecule has 0 bridgehead atoms. The van der Waals surface area contributed by atoms with E-state index in [1.54, 1.807) is 4.90 Å². The number of carbonyl (C=O) groups is 2. The smallest absolute Gasteiger partial charge is 0.320 e. The summed E-state index contributed by atoms with van der Waals surface area (Å²) in [5.74, 6) is 0.411. The van der Waals surface area contributed by atoms with Gasteiger partial charge < -0.3 is 14.9 Å². The molecule has 0 aromatic heterocycles. The second kappa shape index (κ2) is 5.62. The number of carboxylic acid groups (broad SMARTS) is 1. The SMILES string of the molecule is CCC1(C(=O)O)CCN(C(=O)N2CCC(C(C)C)C2)C1. The van der Waals surface area contributed by atoms with E-state index in [9.17, 15) is 14.7 Å². The number of urea groups is 1. The Labute approximate surface area is 120 Å². The van der Waals surface area contributed by atoms with Gasteiger partial charge in [-0.05, 0) is 31.1 Å². The van der Waals surface area contributed by atoms with Crippen LogP contribution in [-0.2, 0) is 4.79 Å². The highest BCUT2D eigenvalue weighted by atomic mass is 16.4. The Balaban J connectivity index is 1.97. The third-order valence-electron chi connectivity index (χ3n) is 5.19. The molecule has 2 rings (SSSR count). The van der Waals surface area contributed by atoms with Gasteiger partial charge in [-0.3, -0.25) is 4.79 Å². The number of likely N-dealkylation sites (tertiary alicyclic amines) is 2. The fourth-order valence-corrected chi connectivity index (χ4v) is 3.36. The van der Waals surface area contributed by atoms with Crippen molar-refractivity contribution in [2.75, 3.05) is 26.2 Å². The molecule has 0 radical (unpaired) electrons. The van der Waals surface area contributed by atoms with Crippen molar-refractivity contribution in [3.8, 4) is 0 Å². The lowest BCUT2D eigenvalue weighted by Gasteiger charge is -2.27. The zero-order valence-corrected chi connectivity index (χ0v) is 12.8. The molecule has 2 atom stereocenters. The van der Waals surface area contributed by atoms with Crippen LogP contribution >= 0.6 is 0 Å². The van der Waals surface area contributed by atoms with E-state index in [2.05, 4.69) is 13.8 Å². The summed E-state index contributed by atoms with van der Waals surface area (Å²) in [5.41, 5.74) is -0.729. The predicted molar refractivity (Wildman–Crippen MR) is 76.5 cm³/mol. The Kier molecular flexibility index (Phi) is 4.25. The molecule has 2 saturated heterocycles. The zero-order valence-electron chi connectivity index (χ0n) is 12.8. The van der Waals surface area contributed by atoms with Crippen molar-refractivity contribution in [1.82, 2.24) is 9.80 Å². The Morgan fingerprint density at radius 3 is 2.45 bits per heavy atom. The Morgan fingerprint density at radius 1 is 1.30 bits per heavy atom. The first-order valence-electron chi connectivity index (χ1n) is 7.67. The first kappa shape index (κ1) is 15.1. The Morgan fingerprint density at radius 2 is 2.00 bits per heavy atom. The Hall–Kier alpha value is -1.26. The molecule has 2 heterocycles. The largest absolute Gasteiger partial charge is 0.481 e. The number of nitrogens with zero attached hydrogens (tertiary/aromatic N) is 2. The van der Waals surface area contributed by atoms with Crippen molar-refractivity contribution in [2.24, 2.45) is 17.3 Å². The number of amides is 2. The van der Waals surface area contributed by atoms with Crippen molar-refractivity contribution in [3.05, 3.63) is 0 Å². The standard InChI is InChI=1S/C15H26N2O3/c1-4-15(13(18)19)6-8-17(10-15)14(20)16-7-5-12(9-16)11(2)3/h11-12H,4-10H2,1-3H3,(H,18,19). The highest BCUT2D eigenvalue weighted by Crippen LogP contribution is 2.35. The molecular formula is C15H26N2O3. The maximum absolute atomic E-state index is 12.5. The molecule has 5 nitrogen and oxygen atoms in total. The van der Waals surface area contributed by atoms with Gasteiger partial charge in [0.15, 0.2) is 0 Å². The fraction of sp³-hybridized carbons (Fsp3) is 0.867. The predicted octanol–water partition coefficient (Wildman–Crippen LogP) is 2.27. The van der Waals surface area contributed by atoms with Crippen LogP contribution in [0.4, 0.5) is 4.79 Å². The molecule has 5 heteroatoms. The van der Waals surface area contributed by atoms with Gasteiger partial charge in [-0.2, -0.15) is 0 Å².